The number of amides is 2. The minimum atomic E-state index is -0.544. The van der Waals surface area contributed by atoms with Gasteiger partial charge in [0.05, 0.1) is 6.54 Å². The fraction of sp³-hybridized carbons (Fsp3) is 0.700. The molecular weight excluding hydrogens is 196 g/mol. The lowest BCUT2D eigenvalue weighted by Gasteiger charge is -2.30. The summed E-state index contributed by atoms with van der Waals surface area (Å²) < 4.78 is 0. The fourth-order valence-corrected chi connectivity index (χ4v) is 1.65. The molecule has 1 aliphatic carbocycles. The van der Waals surface area contributed by atoms with E-state index in [1.165, 1.54) is 9.80 Å². The molecular formula is C10H14N2O3. The van der Waals surface area contributed by atoms with E-state index in [1.807, 2.05) is 0 Å². The first-order chi connectivity index (χ1) is 7.09. The molecule has 1 heterocycles. The minimum Gasteiger partial charge on any atom is -0.336 e. The van der Waals surface area contributed by atoms with Gasteiger partial charge in [0.15, 0.2) is 5.78 Å². The van der Waals surface area contributed by atoms with Crippen LogP contribution in [0.5, 0.6) is 0 Å². The first-order valence-electron chi connectivity index (χ1n) is 5.16. The molecule has 0 unspecified atom stereocenters. The van der Waals surface area contributed by atoms with Gasteiger partial charge in [-0.05, 0) is 12.8 Å². The molecule has 0 aromatic carbocycles. The van der Waals surface area contributed by atoms with Crippen molar-refractivity contribution in [3.05, 3.63) is 0 Å². The fourth-order valence-electron chi connectivity index (χ4n) is 1.65. The van der Waals surface area contributed by atoms with Crippen molar-refractivity contribution in [1.82, 2.24) is 9.80 Å². The van der Waals surface area contributed by atoms with Crippen molar-refractivity contribution < 1.29 is 14.4 Å². The van der Waals surface area contributed by atoms with Gasteiger partial charge in [0, 0.05) is 26.1 Å². The lowest BCUT2D eigenvalue weighted by molar-refractivity contribution is -0.155. The number of Topliss-reactive ketones (excluding diaryl/α,β-unsaturated/α-hetero) is 1. The molecule has 0 N–H and O–H groups in total. The van der Waals surface area contributed by atoms with Crippen LogP contribution in [0.4, 0.5) is 0 Å². The quantitative estimate of drug-likeness (QED) is 0.577. The Morgan fingerprint density at radius 3 is 2.53 bits per heavy atom. The summed E-state index contributed by atoms with van der Waals surface area (Å²) in [6, 6.07) is 0. The van der Waals surface area contributed by atoms with Gasteiger partial charge < -0.3 is 9.80 Å². The van der Waals surface area contributed by atoms with Crippen LogP contribution < -0.4 is 0 Å². The summed E-state index contributed by atoms with van der Waals surface area (Å²) in [4.78, 5) is 37.1. The number of rotatable bonds is 3. The van der Waals surface area contributed by atoms with Crippen molar-refractivity contribution >= 4 is 17.6 Å². The van der Waals surface area contributed by atoms with Gasteiger partial charge in [0.2, 0.25) is 0 Å². The van der Waals surface area contributed by atoms with E-state index in [2.05, 4.69) is 0 Å². The second kappa shape index (κ2) is 3.64. The third kappa shape index (κ3) is 2.00. The van der Waals surface area contributed by atoms with Crippen LogP contribution in [0, 0.1) is 5.92 Å². The van der Waals surface area contributed by atoms with Crippen molar-refractivity contribution in [2.75, 3.05) is 26.7 Å². The van der Waals surface area contributed by atoms with Crippen molar-refractivity contribution in [1.29, 1.82) is 0 Å². The average Bonchev–Trinajstić information content (AvgIpc) is 3.02. The van der Waals surface area contributed by atoms with E-state index < -0.39 is 11.8 Å². The molecule has 2 fully saturated rings. The van der Waals surface area contributed by atoms with E-state index in [4.69, 9.17) is 0 Å². The molecule has 0 aromatic rings. The normalized spacial score (nSPS) is 22.2. The summed E-state index contributed by atoms with van der Waals surface area (Å²) in [5.41, 5.74) is 0. The van der Waals surface area contributed by atoms with Crippen LogP contribution in [-0.4, -0.2) is 54.1 Å². The Bertz CT molecular complexity index is 323. The first-order valence-corrected chi connectivity index (χ1v) is 5.16. The van der Waals surface area contributed by atoms with Crippen molar-refractivity contribution in [2.45, 2.75) is 12.8 Å². The molecule has 2 rings (SSSR count). The SMILES string of the molecule is CN1CCN(CC(=O)C2CC2)C(=O)C1=O. The van der Waals surface area contributed by atoms with Crippen LogP contribution in [0.25, 0.3) is 0 Å². The number of carbonyl (C=O) groups excluding carboxylic acids is 3. The number of carbonyl (C=O) groups is 3. The van der Waals surface area contributed by atoms with Gasteiger partial charge in [-0.15, -0.1) is 0 Å². The number of hydrogen-bond acceptors (Lipinski definition) is 3. The maximum Gasteiger partial charge on any atom is 0.312 e. The summed E-state index contributed by atoms with van der Waals surface area (Å²) >= 11 is 0. The molecule has 0 aromatic heterocycles. The molecule has 0 bridgehead atoms. The maximum atomic E-state index is 11.5. The van der Waals surface area contributed by atoms with E-state index in [9.17, 15) is 14.4 Å². The zero-order chi connectivity index (χ0) is 11.0. The Labute approximate surface area is 88.0 Å². The summed E-state index contributed by atoms with van der Waals surface area (Å²) in [5, 5.41) is 0. The van der Waals surface area contributed by atoms with Gasteiger partial charge >= 0.3 is 11.8 Å². The highest BCUT2D eigenvalue weighted by atomic mass is 16.2. The molecule has 82 valence electrons. The molecule has 1 saturated heterocycles. The number of ketones is 1. The highest BCUT2D eigenvalue weighted by Crippen LogP contribution is 2.30. The zero-order valence-electron chi connectivity index (χ0n) is 8.73. The molecule has 1 aliphatic heterocycles. The van der Waals surface area contributed by atoms with Crippen LogP contribution in [-0.2, 0) is 14.4 Å². The van der Waals surface area contributed by atoms with E-state index in [1.54, 1.807) is 7.05 Å². The Balaban J connectivity index is 1.94. The Hall–Kier alpha value is -1.39. The highest BCUT2D eigenvalue weighted by Gasteiger charge is 2.35. The molecule has 15 heavy (non-hydrogen) atoms. The Morgan fingerprint density at radius 2 is 1.93 bits per heavy atom. The van der Waals surface area contributed by atoms with E-state index >= 15 is 0 Å². The van der Waals surface area contributed by atoms with Crippen LogP contribution >= 0.6 is 0 Å². The molecule has 2 aliphatic rings. The number of likely N-dealkylation sites (N-methyl/N-ethyl adjacent to an activating group) is 1. The van der Waals surface area contributed by atoms with Gasteiger partial charge in [-0.1, -0.05) is 0 Å². The summed E-state index contributed by atoms with van der Waals surface area (Å²) in [6.45, 7) is 1.10. The van der Waals surface area contributed by atoms with Crippen molar-refractivity contribution in [3.63, 3.8) is 0 Å². The smallest absolute Gasteiger partial charge is 0.312 e. The molecule has 2 amide bonds. The predicted molar refractivity (Wildman–Crippen MR) is 51.9 cm³/mol. The largest absolute Gasteiger partial charge is 0.336 e. The first kappa shape index (κ1) is 10.1. The summed E-state index contributed by atoms with van der Waals surface area (Å²) in [6.07, 6.45) is 1.88. The Morgan fingerprint density at radius 1 is 1.27 bits per heavy atom. The number of piperazine rings is 1. The van der Waals surface area contributed by atoms with E-state index in [0.717, 1.165) is 12.8 Å². The van der Waals surface area contributed by atoms with Crippen LogP contribution in [0.15, 0.2) is 0 Å². The number of hydrogen-bond donors (Lipinski definition) is 0. The van der Waals surface area contributed by atoms with Crippen molar-refractivity contribution in [3.8, 4) is 0 Å². The molecule has 5 heteroatoms. The van der Waals surface area contributed by atoms with Gasteiger partial charge in [-0.25, -0.2) is 0 Å². The molecule has 5 nitrogen and oxygen atoms in total. The van der Waals surface area contributed by atoms with Crippen molar-refractivity contribution in [2.24, 2.45) is 5.92 Å². The second-order valence-electron chi connectivity index (χ2n) is 4.19. The number of nitrogens with zero attached hydrogens (tertiary/aromatic N) is 2. The third-order valence-corrected chi connectivity index (χ3v) is 2.90. The van der Waals surface area contributed by atoms with Gasteiger partial charge in [0.25, 0.3) is 0 Å². The monoisotopic (exact) mass is 210 g/mol. The van der Waals surface area contributed by atoms with E-state index in [-0.39, 0.29) is 18.2 Å². The standard InChI is InChI=1S/C10H14N2O3/c1-11-4-5-12(10(15)9(11)14)6-8(13)7-2-3-7/h7H,2-6H2,1H3. The summed E-state index contributed by atoms with van der Waals surface area (Å²) in [7, 11) is 1.60. The van der Waals surface area contributed by atoms with Crippen LogP contribution in [0.2, 0.25) is 0 Å². The molecule has 0 atom stereocenters. The zero-order valence-corrected chi connectivity index (χ0v) is 8.73. The lowest BCUT2D eigenvalue weighted by Crippen LogP contribution is -2.54. The van der Waals surface area contributed by atoms with E-state index in [0.29, 0.717) is 13.1 Å². The third-order valence-electron chi connectivity index (χ3n) is 2.90. The Kier molecular flexibility index (Phi) is 2.46. The maximum absolute atomic E-state index is 11.5. The summed E-state index contributed by atoms with van der Waals surface area (Å²) in [5.74, 6) is -0.809. The van der Waals surface area contributed by atoms with Gasteiger partial charge in [0.1, 0.15) is 0 Å². The van der Waals surface area contributed by atoms with Gasteiger partial charge in [-0.3, -0.25) is 14.4 Å². The average molecular weight is 210 g/mol. The predicted octanol–water partition coefficient (Wildman–Crippen LogP) is -0.734. The molecule has 1 saturated carbocycles. The topological polar surface area (TPSA) is 57.7 Å². The molecule has 0 radical (unpaired) electrons. The van der Waals surface area contributed by atoms with Gasteiger partial charge in [-0.2, -0.15) is 0 Å². The second-order valence-corrected chi connectivity index (χ2v) is 4.19. The van der Waals surface area contributed by atoms with Crippen LogP contribution in [0.3, 0.4) is 0 Å². The lowest BCUT2D eigenvalue weighted by atomic mass is 10.2. The molecule has 0 spiro atoms. The van der Waals surface area contributed by atoms with Crippen LogP contribution in [0.1, 0.15) is 12.8 Å². The highest BCUT2D eigenvalue weighted by molar-refractivity contribution is 6.35. The minimum absolute atomic E-state index is 0.0979.